The first kappa shape index (κ1) is 22.8. The lowest BCUT2D eigenvalue weighted by molar-refractivity contribution is -0.00514. The fourth-order valence-corrected chi connectivity index (χ4v) is 4.73. The van der Waals surface area contributed by atoms with Gasteiger partial charge in [-0.25, -0.2) is 13.4 Å². The molecule has 4 rings (SSSR count). The van der Waals surface area contributed by atoms with Gasteiger partial charge < -0.3 is 14.4 Å². The van der Waals surface area contributed by atoms with Gasteiger partial charge in [0.2, 0.25) is 15.9 Å². The summed E-state index contributed by atoms with van der Waals surface area (Å²) >= 11 is 0. The van der Waals surface area contributed by atoms with Gasteiger partial charge in [0.25, 0.3) is 0 Å². The van der Waals surface area contributed by atoms with Gasteiger partial charge in [0.05, 0.1) is 42.3 Å². The van der Waals surface area contributed by atoms with Crippen LogP contribution >= 0.6 is 0 Å². The number of aromatic nitrogens is 2. The number of nitrogens with zero attached hydrogens (tertiary/aromatic N) is 4. The molecule has 0 bridgehead atoms. The van der Waals surface area contributed by atoms with E-state index >= 15 is 0 Å². The normalized spacial score (nSPS) is 18.7. The number of nitriles is 1. The van der Waals surface area contributed by atoms with Crippen LogP contribution in [0.3, 0.4) is 0 Å². The number of methoxy groups -OCH3 is 1. The molecule has 0 spiro atoms. The van der Waals surface area contributed by atoms with Crippen LogP contribution in [0.15, 0.2) is 36.7 Å². The van der Waals surface area contributed by atoms with Crippen molar-refractivity contribution in [2.75, 3.05) is 36.1 Å². The number of hydrogen-bond acceptors (Lipinski definition) is 8. The third-order valence-electron chi connectivity index (χ3n) is 5.37. The van der Waals surface area contributed by atoms with E-state index in [0.29, 0.717) is 24.2 Å². The maximum atomic E-state index is 11.8. The number of rotatable bonds is 5. The summed E-state index contributed by atoms with van der Waals surface area (Å²) in [6, 6.07) is 9.68. The fourth-order valence-electron chi connectivity index (χ4n) is 4.19. The first-order valence-corrected chi connectivity index (χ1v) is 12.3. The number of benzene rings is 1. The van der Waals surface area contributed by atoms with Gasteiger partial charge in [-0.15, -0.1) is 0 Å². The van der Waals surface area contributed by atoms with Crippen molar-refractivity contribution < 1.29 is 17.9 Å². The average molecular weight is 468 g/mol. The highest BCUT2D eigenvalue weighted by atomic mass is 32.2. The van der Waals surface area contributed by atoms with Crippen molar-refractivity contribution >= 4 is 32.3 Å². The second-order valence-corrected chi connectivity index (χ2v) is 9.93. The number of nitrogens with one attached hydrogen (secondary N) is 1. The third-order valence-corrected chi connectivity index (χ3v) is 5.96. The maximum absolute atomic E-state index is 11.8. The Hall–Kier alpha value is -3.42. The second-order valence-electron chi connectivity index (χ2n) is 8.18. The standard InChI is InChI=1S/C23H25N5O4S/c1-14-12-28(13-15(2)32-14)22-18(9-24)11-25-20-6-5-16(7-19(20)22)17-8-21(27-33(4,29)30)23(31-3)26-10-17/h5-8,10-11,14-15,27H,12-13H2,1-4H3/t14-,15-/m1/s1. The largest absolute Gasteiger partial charge is 0.480 e. The van der Waals surface area contributed by atoms with Gasteiger partial charge in [0.1, 0.15) is 11.8 Å². The smallest absolute Gasteiger partial charge is 0.238 e. The summed E-state index contributed by atoms with van der Waals surface area (Å²) < 4.78 is 37.1. The quantitative estimate of drug-likeness (QED) is 0.608. The number of sulfonamides is 1. The van der Waals surface area contributed by atoms with E-state index in [2.05, 4.69) is 25.7 Å². The zero-order valence-electron chi connectivity index (χ0n) is 18.9. The van der Waals surface area contributed by atoms with Crippen molar-refractivity contribution in [3.8, 4) is 23.1 Å². The second kappa shape index (κ2) is 8.84. The Kier molecular flexibility index (Phi) is 6.10. The molecule has 1 fully saturated rings. The average Bonchev–Trinajstić information content (AvgIpc) is 2.76. The van der Waals surface area contributed by atoms with Crippen molar-refractivity contribution in [3.05, 3.63) is 42.2 Å². The van der Waals surface area contributed by atoms with E-state index < -0.39 is 10.0 Å². The molecule has 9 nitrogen and oxygen atoms in total. The van der Waals surface area contributed by atoms with Crippen LogP contribution in [0.2, 0.25) is 0 Å². The molecule has 172 valence electrons. The molecule has 1 aromatic carbocycles. The number of hydrogen-bond donors (Lipinski definition) is 1. The summed E-state index contributed by atoms with van der Waals surface area (Å²) in [6.07, 6.45) is 4.35. The van der Waals surface area contributed by atoms with Crippen LogP contribution in [0, 0.1) is 11.3 Å². The lowest BCUT2D eigenvalue weighted by atomic mass is 10.0. The zero-order valence-corrected chi connectivity index (χ0v) is 19.7. The summed E-state index contributed by atoms with van der Waals surface area (Å²) in [5.41, 5.74) is 3.83. The van der Waals surface area contributed by atoms with E-state index in [1.54, 1.807) is 18.5 Å². The molecule has 1 saturated heterocycles. The molecule has 1 N–H and O–H groups in total. The number of pyridine rings is 2. The minimum absolute atomic E-state index is 0.0297. The van der Waals surface area contributed by atoms with Crippen LogP contribution in [0.25, 0.3) is 22.0 Å². The lowest BCUT2D eigenvalue weighted by Gasteiger charge is -2.37. The molecule has 2 aromatic heterocycles. The molecule has 3 aromatic rings. The molecule has 2 atom stereocenters. The Morgan fingerprint density at radius 2 is 1.88 bits per heavy atom. The van der Waals surface area contributed by atoms with Gasteiger partial charge in [-0.2, -0.15) is 5.26 Å². The van der Waals surface area contributed by atoms with E-state index in [-0.39, 0.29) is 23.8 Å². The van der Waals surface area contributed by atoms with Crippen LogP contribution in [-0.4, -0.2) is 57.0 Å². The van der Waals surface area contributed by atoms with Crippen LogP contribution in [-0.2, 0) is 14.8 Å². The van der Waals surface area contributed by atoms with E-state index in [0.717, 1.165) is 28.4 Å². The zero-order chi connectivity index (χ0) is 23.8. The first-order chi connectivity index (χ1) is 15.7. The number of anilines is 2. The van der Waals surface area contributed by atoms with Gasteiger partial charge >= 0.3 is 0 Å². The predicted molar refractivity (Wildman–Crippen MR) is 127 cm³/mol. The molecule has 10 heteroatoms. The lowest BCUT2D eigenvalue weighted by Crippen LogP contribution is -2.45. The summed E-state index contributed by atoms with van der Waals surface area (Å²) in [5, 5.41) is 10.6. The Bertz CT molecular complexity index is 1340. The predicted octanol–water partition coefficient (Wildman–Crippen LogP) is 3.16. The van der Waals surface area contributed by atoms with Crippen molar-refractivity contribution in [2.24, 2.45) is 0 Å². The van der Waals surface area contributed by atoms with Crippen molar-refractivity contribution in [3.63, 3.8) is 0 Å². The van der Waals surface area contributed by atoms with Crippen LogP contribution < -0.4 is 14.4 Å². The number of fused-ring (bicyclic) bond motifs is 1. The van der Waals surface area contributed by atoms with Gasteiger partial charge in [-0.1, -0.05) is 6.07 Å². The van der Waals surface area contributed by atoms with E-state index in [1.807, 2.05) is 32.0 Å². The Morgan fingerprint density at radius 1 is 1.15 bits per heavy atom. The fraction of sp³-hybridized carbons (Fsp3) is 0.348. The van der Waals surface area contributed by atoms with Crippen LogP contribution in [0.1, 0.15) is 19.4 Å². The van der Waals surface area contributed by atoms with Gasteiger partial charge in [0.15, 0.2) is 0 Å². The van der Waals surface area contributed by atoms with Gasteiger partial charge in [-0.3, -0.25) is 9.71 Å². The summed E-state index contributed by atoms with van der Waals surface area (Å²) in [4.78, 5) is 10.9. The third kappa shape index (κ3) is 4.84. The maximum Gasteiger partial charge on any atom is 0.238 e. The molecule has 0 amide bonds. The molecule has 1 aliphatic rings. The highest BCUT2D eigenvalue weighted by Gasteiger charge is 2.26. The number of ether oxygens (including phenoxy) is 2. The minimum Gasteiger partial charge on any atom is -0.480 e. The highest BCUT2D eigenvalue weighted by Crippen LogP contribution is 2.35. The van der Waals surface area contributed by atoms with E-state index in [1.165, 1.54) is 7.11 Å². The topological polar surface area (TPSA) is 117 Å². The van der Waals surface area contributed by atoms with Gasteiger partial charge in [-0.05, 0) is 37.6 Å². The Morgan fingerprint density at radius 3 is 2.52 bits per heavy atom. The van der Waals surface area contributed by atoms with Crippen molar-refractivity contribution in [1.82, 2.24) is 9.97 Å². The molecule has 33 heavy (non-hydrogen) atoms. The Labute approximate surface area is 193 Å². The molecule has 0 radical (unpaired) electrons. The molecular weight excluding hydrogens is 442 g/mol. The summed E-state index contributed by atoms with van der Waals surface area (Å²) in [7, 11) is -2.09. The van der Waals surface area contributed by atoms with Gasteiger partial charge in [0, 0.05) is 36.4 Å². The van der Waals surface area contributed by atoms with Crippen LogP contribution in [0.5, 0.6) is 5.88 Å². The van der Waals surface area contributed by atoms with E-state index in [4.69, 9.17) is 9.47 Å². The first-order valence-electron chi connectivity index (χ1n) is 10.4. The van der Waals surface area contributed by atoms with Crippen LogP contribution in [0.4, 0.5) is 11.4 Å². The molecule has 1 aliphatic heterocycles. The molecular formula is C23H25N5O4S. The highest BCUT2D eigenvalue weighted by molar-refractivity contribution is 7.92. The summed E-state index contributed by atoms with van der Waals surface area (Å²) in [5.74, 6) is 0.176. The molecule has 0 aliphatic carbocycles. The molecule has 3 heterocycles. The Balaban J connectivity index is 1.86. The molecule has 0 unspecified atom stereocenters. The molecule has 0 saturated carbocycles. The van der Waals surface area contributed by atoms with Crippen molar-refractivity contribution in [1.29, 1.82) is 5.26 Å². The summed E-state index contributed by atoms with van der Waals surface area (Å²) in [6.45, 7) is 5.36. The van der Waals surface area contributed by atoms with Crippen molar-refractivity contribution in [2.45, 2.75) is 26.1 Å². The monoisotopic (exact) mass is 467 g/mol. The minimum atomic E-state index is -3.52. The SMILES string of the molecule is COc1ncc(-c2ccc3ncc(C#N)c(N4C[C@@H](C)O[C@H](C)C4)c3c2)cc1NS(C)(=O)=O. The number of morpholine rings is 1. The van der Waals surface area contributed by atoms with E-state index in [9.17, 15) is 13.7 Å².